The summed E-state index contributed by atoms with van der Waals surface area (Å²) in [5.41, 5.74) is 1.29. The second-order valence-electron chi connectivity index (χ2n) is 4.08. The van der Waals surface area contributed by atoms with Gasteiger partial charge in [0.15, 0.2) is 0 Å². The summed E-state index contributed by atoms with van der Waals surface area (Å²) in [6, 6.07) is 0. The van der Waals surface area contributed by atoms with E-state index in [9.17, 15) is 0 Å². The highest BCUT2D eigenvalue weighted by Gasteiger charge is 2.20. The third-order valence-corrected chi connectivity index (χ3v) is 4.00. The molecule has 0 radical (unpaired) electrons. The van der Waals surface area contributed by atoms with E-state index in [1.54, 1.807) is 0 Å². The number of rotatable bonds is 5. The van der Waals surface area contributed by atoms with Gasteiger partial charge in [-0.15, -0.1) is 11.3 Å². The number of fused-ring (bicyclic) bond motifs is 1. The normalized spacial score (nSPS) is 17.1. The lowest BCUT2D eigenvalue weighted by molar-refractivity contribution is 0.0554. The van der Waals surface area contributed by atoms with Crippen molar-refractivity contribution in [2.24, 2.45) is 0 Å². The van der Waals surface area contributed by atoms with Crippen LogP contribution in [0, 0.1) is 0 Å². The Labute approximate surface area is 101 Å². The van der Waals surface area contributed by atoms with Crippen LogP contribution in [0.5, 0.6) is 0 Å². The predicted octanol–water partition coefficient (Wildman–Crippen LogP) is 2.67. The number of hydrogen-bond donors (Lipinski definition) is 1. The van der Waals surface area contributed by atoms with E-state index in [-0.39, 0.29) is 6.10 Å². The summed E-state index contributed by atoms with van der Waals surface area (Å²) in [5, 5.41) is 4.56. The van der Waals surface area contributed by atoms with Gasteiger partial charge in [-0.2, -0.15) is 0 Å². The molecule has 0 aliphatic carbocycles. The van der Waals surface area contributed by atoms with E-state index in [4.69, 9.17) is 9.72 Å². The molecule has 1 aromatic heterocycles. The molecule has 0 amide bonds. The summed E-state index contributed by atoms with van der Waals surface area (Å²) < 4.78 is 5.77. The molecular formula is C12H20N2OS. The van der Waals surface area contributed by atoms with Crippen molar-refractivity contribution in [2.75, 3.05) is 13.2 Å². The van der Waals surface area contributed by atoms with Crippen molar-refractivity contribution in [2.45, 2.75) is 45.8 Å². The number of aromatic nitrogens is 1. The highest BCUT2D eigenvalue weighted by atomic mass is 32.1. The fraction of sp³-hybridized carbons (Fsp3) is 0.750. The summed E-state index contributed by atoms with van der Waals surface area (Å²) in [7, 11) is 0. The average molecular weight is 240 g/mol. The quantitative estimate of drug-likeness (QED) is 0.859. The van der Waals surface area contributed by atoms with Crippen molar-refractivity contribution in [1.29, 1.82) is 0 Å². The topological polar surface area (TPSA) is 34.1 Å². The van der Waals surface area contributed by atoms with Crippen molar-refractivity contribution in [3.05, 3.63) is 15.6 Å². The van der Waals surface area contributed by atoms with E-state index in [2.05, 4.69) is 19.2 Å². The molecule has 90 valence electrons. The van der Waals surface area contributed by atoms with Crippen LogP contribution in [0.1, 0.15) is 48.4 Å². The van der Waals surface area contributed by atoms with Crippen LogP contribution in [-0.2, 0) is 17.7 Å². The number of thiazole rings is 1. The first-order chi connectivity index (χ1) is 7.85. The van der Waals surface area contributed by atoms with E-state index in [0.717, 1.165) is 39.0 Å². The van der Waals surface area contributed by atoms with Gasteiger partial charge in [0.25, 0.3) is 0 Å². The van der Waals surface area contributed by atoms with Crippen molar-refractivity contribution >= 4 is 11.3 Å². The molecule has 1 N–H and O–H groups in total. The van der Waals surface area contributed by atoms with Gasteiger partial charge in [0, 0.05) is 31.0 Å². The summed E-state index contributed by atoms with van der Waals surface area (Å²) >= 11 is 1.82. The maximum atomic E-state index is 5.77. The fourth-order valence-corrected chi connectivity index (χ4v) is 3.19. The molecule has 2 rings (SSSR count). The van der Waals surface area contributed by atoms with E-state index >= 15 is 0 Å². The lowest BCUT2D eigenvalue weighted by atomic mass is 10.2. The zero-order valence-electron chi connectivity index (χ0n) is 10.1. The number of ether oxygens (including phenoxy) is 1. The van der Waals surface area contributed by atoms with Crippen LogP contribution in [0.25, 0.3) is 0 Å². The van der Waals surface area contributed by atoms with Crippen LogP contribution in [0.2, 0.25) is 0 Å². The molecular weight excluding hydrogens is 220 g/mol. The minimum absolute atomic E-state index is 0.214. The Kier molecular flexibility index (Phi) is 4.32. The zero-order valence-corrected chi connectivity index (χ0v) is 10.9. The lowest BCUT2D eigenvalue weighted by Gasteiger charge is -2.12. The summed E-state index contributed by atoms with van der Waals surface area (Å²) in [6.45, 7) is 7.06. The van der Waals surface area contributed by atoms with Crippen LogP contribution in [0.3, 0.4) is 0 Å². The number of nitrogens with one attached hydrogen (secondary N) is 1. The second-order valence-corrected chi connectivity index (χ2v) is 5.20. The second kappa shape index (κ2) is 5.75. The minimum atomic E-state index is 0.214. The predicted molar refractivity (Wildman–Crippen MR) is 66.8 cm³/mol. The third-order valence-electron chi connectivity index (χ3n) is 2.81. The largest absolute Gasteiger partial charge is 0.371 e. The number of hydrogen-bond acceptors (Lipinski definition) is 4. The molecule has 1 aliphatic heterocycles. The van der Waals surface area contributed by atoms with Gasteiger partial charge in [-0.05, 0) is 13.3 Å². The maximum Gasteiger partial charge on any atom is 0.122 e. The van der Waals surface area contributed by atoms with Gasteiger partial charge in [0.05, 0.1) is 5.69 Å². The molecule has 2 heterocycles. The molecule has 0 aromatic carbocycles. The van der Waals surface area contributed by atoms with E-state index in [1.165, 1.54) is 15.6 Å². The summed E-state index contributed by atoms with van der Waals surface area (Å²) in [6.07, 6.45) is 3.50. The highest BCUT2D eigenvalue weighted by Crippen LogP contribution is 2.30. The fourth-order valence-electron chi connectivity index (χ4n) is 2.02. The van der Waals surface area contributed by atoms with Crippen molar-refractivity contribution in [1.82, 2.24) is 10.3 Å². The molecule has 0 fully saturated rings. The zero-order chi connectivity index (χ0) is 11.4. The van der Waals surface area contributed by atoms with E-state index in [0.29, 0.717) is 0 Å². The summed E-state index contributed by atoms with van der Waals surface area (Å²) in [4.78, 5) is 6.15. The molecule has 0 bridgehead atoms. The molecule has 1 aromatic rings. The smallest absolute Gasteiger partial charge is 0.122 e. The Morgan fingerprint density at radius 2 is 2.38 bits per heavy atom. The Balaban J connectivity index is 2.14. The Morgan fingerprint density at radius 3 is 3.06 bits per heavy atom. The van der Waals surface area contributed by atoms with Gasteiger partial charge in [0.2, 0.25) is 0 Å². The molecule has 0 saturated heterocycles. The van der Waals surface area contributed by atoms with Gasteiger partial charge in [0.1, 0.15) is 11.1 Å². The first-order valence-corrected chi connectivity index (χ1v) is 6.97. The van der Waals surface area contributed by atoms with Gasteiger partial charge < -0.3 is 10.1 Å². The van der Waals surface area contributed by atoms with Crippen LogP contribution in [0.15, 0.2) is 0 Å². The molecule has 1 atom stereocenters. The number of nitrogens with zero attached hydrogens (tertiary/aromatic N) is 1. The van der Waals surface area contributed by atoms with Gasteiger partial charge in [-0.25, -0.2) is 4.98 Å². The minimum Gasteiger partial charge on any atom is -0.371 e. The Morgan fingerprint density at radius 1 is 1.50 bits per heavy atom. The molecule has 0 spiro atoms. The lowest BCUT2D eigenvalue weighted by Crippen LogP contribution is -2.22. The standard InChI is InChI=1S/C12H20N2OS/c1-3-5-10(15-4-2)12-14-9-6-7-13-8-11(9)16-12/h10,13H,3-8H2,1-2H3. The van der Waals surface area contributed by atoms with Crippen LogP contribution in [0.4, 0.5) is 0 Å². The van der Waals surface area contributed by atoms with Crippen molar-refractivity contribution < 1.29 is 4.74 Å². The van der Waals surface area contributed by atoms with Crippen molar-refractivity contribution in [3.8, 4) is 0 Å². The molecule has 1 aliphatic rings. The molecule has 1 unspecified atom stereocenters. The van der Waals surface area contributed by atoms with Crippen LogP contribution in [-0.4, -0.2) is 18.1 Å². The van der Waals surface area contributed by atoms with Crippen LogP contribution >= 0.6 is 11.3 Å². The van der Waals surface area contributed by atoms with Gasteiger partial charge in [-0.3, -0.25) is 0 Å². The van der Waals surface area contributed by atoms with Gasteiger partial charge >= 0.3 is 0 Å². The average Bonchev–Trinajstić information content (AvgIpc) is 2.72. The van der Waals surface area contributed by atoms with Crippen molar-refractivity contribution in [3.63, 3.8) is 0 Å². The molecule has 0 saturated carbocycles. The van der Waals surface area contributed by atoms with Gasteiger partial charge in [-0.1, -0.05) is 13.3 Å². The first kappa shape index (κ1) is 12.0. The molecule has 16 heavy (non-hydrogen) atoms. The van der Waals surface area contributed by atoms with E-state index < -0.39 is 0 Å². The highest BCUT2D eigenvalue weighted by molar-refractivity contribution is 7.11. The third kappa shape index (κ3) is 2.62. The molecule has 4 heteroatoms. The molecule has 3 nitrogen and oxygen atoms in total. The Bertz CT molecular complexity index is 308. The maximum absolute atomic E-state index is 5.77. The monoisotopic (exact) mass is 240 g/mol. The SMILES string of the molecule is CCCC(OCC)c1nc2c(s1)CNCC2. The summed E-state index contributed by atoms with van der Waals surface area (Å²) in [5.74, 6) is 0. The Hall–Kier alpha value is -0.450. The van der Waals surface area contributed by atoms with E-state index in [1.807, 2.05) is 11.3 Å². The first-order valence-electron chi connectivity index (χ1n) is 6.16. The van der Waals surface area contributed by atoms with Crippen LogP contribution < -0.4 is 5.32 Å².